The van der Waals surface area contributed by atoms with Gasteiger partial charge in [-0.1, -0.05) is 0 Å². The molecule has 0 unspecified atom stereocenters. The Hall–Kier alpha value is -2.97. The summed E-state index contributed by atoms with van der Waals surface area (Å²) in [5.74, 6) is 1.50. The summed E-state index contributed by atoms with van der Waals surface area (Å²) >= 11 is 0. The number of fused-ring (bicyclic) bond motifs is 3. The monoisotopic (exact) mass is 406 g/mol. The first-order valence-electron chi connectivity index (χ1n) is 10.3. The smallest absolute Gasteiger partial charge is 0.182 e. The molecule has 0 bridgehead atoms. The molecule has 0 spiro atoms. The number of nitrogens with zero attached hydrogens (tertiary/aromatic N) is 6. The summed E-state index contributed by atoms with van der Waals surface area (Å²) in [7, 11) is 1.66. The average Bonchev–Trinajstić information content (AvgIpc) is 3.32. The molecule has 1 saturated heterocycles. The first-order chi connectivity index (χ1) is 14.7. The molecule has 1 fully saturated rings. The number of hydrogen-bond acceptors (Lipinski definition) is 6. The van der Waals surface area contributed by atoms with Crippen LogP contribution in [0.2, 0.25) is 0 Å². The van der Waals surface area contributed by atoms with Crippen molar-refractivity contribution >= 4 is 16.7 Å². The summed E-state index contributed by atoms with van der Waals surface area (Å²) in [5.41, 5.74) is 5.20. The van der Waals surface area contributed by atoms with Crippen LogP contribution in [0.4, 0.5) is 0 Å². The summed E-state index contributed by atoms with van der Waals surface area (Å²) in [6.07, 6.45) is 1.77. The molecular formula is C22H26N6O2. The van der Waals surface area contributed by atoms with E-state index in [1.165, 1.54) is 11.3 Å². The number of morpholine rings is 1. The number of benzene rings is 1. The van der Waals surface area contributed by atoms with Crippen molar-refractivity contribution in [2.45, 2.75) is 20.4 Å². The fraction of sp³-hybridized carbons (Fsp3) is 0.409. The van der Waals surface area contributed by atoms with Crippen LogP contribution < -0.4 is 4.74 Å². The third kappa shape index (κ3) is 3.22. The first kappa shape index (κ1) is 19.0. The standard InChI is InChI=1S/C22H26N6O2/c1-15-16(2)27(9-8-26-10-12-30-13-11-26)21-19(15)22-24-20(25-28(22)14-23-21)17-4-6-18(29-3)7-5-17/h4-7,14H,8-13H2,1-3H3. The Bertz CT molecular complexity index is 1190. The Morgan fingerprint density at radius 1 is 1.03 bits per heavy atom. The van der Waals surface area contributed by atoms with Crippen molar-refractivity contribution in [1.82, 2.24) is 29.0 Å². The number of aryl methyl sites for hydroxylation is 1. The van der Waals surface area contributed by atoms with E-state index in [0.717, 1.165) is 67.4 Å². The minimum Gasteiger partial charge on any atom is -0.497 e. The Balaban J connectivity index is 1.53. The number of ether oxygens (including phenoxy) is 2. The third-order valence-corrected chi connectivity index (χ3v) is 6.04. The molecule has 4 aromatic rings. The van der Waals surface area contributed by atoms with Gasteiger partial charge in [0.2, 0.25) is 0 Å². The van der Waals surface area contributed by atoms with E-state index in [0.29, 0.717) is 5.82 Å². The number of methoxy groups -OCH3 is 1. The second-order valence-electron chi connectivity index (χ2n) is 7.69. The van der Waals surface area contributed by atoms with Gasteiger partial charge < -0.3 is 14.0 Å². The van der Waals surface area contributed by atoms with Gasteiger partial charge in [0.15, 0.2) is 11.5 Å². The zero-order valence-electron chi connectivity index (χ0n) is 17.6. The number of aromatic nitrogens is 5. The van der Waals surface area contributed by atoms with E-state index < -0.39 is 0 Å². The van der Waals surface area contributed by atoms with Crippen LogP contribution in [0.15, 0.2) is 30.6 Å². The van der Waals surface area contributed by atoms with Crippen LogP contribution in [0.3, 0.4) is 0 Å². The second kappa shape index (κ2) is 7.70. The van der Waals surface area contributed by atoms with E-state index in [1.54, 1.807) is 18.0 Å². The summed E-state index contributed by atoms with van der Waals surface area (Å²) in [4.78, 5) is 12.1. The molecule has 30 heavy (non-hydrogen) atoms. The lowest BCUT2D eigenvalue weighted by Gasteiger charge is -2.26. The van der Waals surface area contributed by atoms with E-state index in [9.17, 15) is 0 Å². The zero-order valence-corrected chi connectivity index (χ0v) is 17.6. The minimum atomic E-state index is 0.685. The highest BCUT2D eigenvalue weighted by Crippen LogP contribution is 2.28. The molecule has 8 nitrogen and oxygen atoms in total. The lowest BCUT2D eigenvalue weighted by Crippen LogP contribution is -2.38. The topological polar surface area (TPSA) is 69.7 Å². The number of rotatable bonds is 5. The Kier molecular flexibility index (Phi) is 4.88. The largest absolute Gasteiger partial charge is 0.497 e. The molecule has 4 heterocycles. The Morgan fingerprint density at radius 2 is 1.80 bits per heavy atom. The van der Waals surface area contributed by atoms with Gasteiger partial charge in [-0.05, 0) is 43.7 Å². The molecule has 1 aliphatic rings. The van der Waals surface area contributed by atoms with Crippen molar-refractivity contribution in [3.05, 3.63) is 41.9 Å². The van der Waals surface area contributed by atoms with Gasteiger partial charge in [-0.15, -0.1) is 5.10 Å². The van der Waals surface area contributed by atoms with Crippen LogP contribution in [0.5, 0.6) is 5.75 Å². The molecule has 0 N–H and O–H groups in total. The van der Waals surface area contributed by atoms with E-state index in [2.05, 4.69) is 28.4 Å². The fourth-order valence-electron chi connectivity index (χ4n) is 4.13. The van der Waals surface area contributed by atoms with Gasteiger partial charge >= 0.3 is 0 Å². The summed E-state index contributed by atoms with van der Waals surface area (Å²) in [6, 6.07) is 7.80. The fourth-order valence-corrected chi connectivity index (χ4v) is 4.13. The Labute approximate surface area is 175 Å². The quantitative estimate of drug-likeness (QED) is 0.508. The maximum absolute atomic E-state index is 5.46. The maximum atomic E-state index is 5.46. The van der Waals surface area contributed by atoms with Crippen LogP contribution in [0, 0.1) is 13.8 Å². The molecule has 5 rings (SSSR count). The highest BCUT2D eigenvalue weighted by Gasteiger charge is 2.19. The van der Waals surface area contributed by atoms with Crippen LogP contribution in [0.1, 0.15) is 11.3 Å². The highest BCUT2D eigenvalue weighted by molar-refractivity contribution is 5.94. The van der Waals surface area contributed by atoms with E-state index in [1.807, 2.05) is 24.3 Å². The molecule has 3 aromatic heterocycles. The van der Waals surface area contributed by atoms with Gasteiger partial charge in [-0.25, -0.2) is 14.5 Å². The molecule has 0 radical (unpaired) electrons. The SMILES string of the molecule is COc1ccc(-c2nc3c4c(C)c(C)n(CCN5CCOCC5)c4ncn3n2)cc1. The van der Waals surface area contributed by atoms with Gasteiger partial charge in [0.25, 0.3) is 0 Å². The molecule has 0 aliphatic carbocycles. The molecule has 8 heteroatoms. The van der Waals surface area contributed by atoms with Crippen molar-refractivity contribution in [3.8, 4) is 17.1 Å². The zero-order chi connectivity index (χ0) is 20.7. The van der Waals surface area contributed by atoms with Crippen LogP contribution in [-0.4, -0.2) is 69.0 Å². The van der Waals surface area contributed by atoms with Gasteiger partial charge in [0, 0.05) is 37.4 Å². The highest BCUT2D eigenvalue weighted by atomic mass is 16.5. The van der Waals surface area contributed by atoms with Gasteiger partial charge in [0.05, 0.1) is 25.7 Å². The lowest BCUT2D eigenvalue weighted by molar-refractivity contribution is 0.0364. The molecule has 1 aromatic carbocycles. The maximum Gasteiger partial charge on any atom is 0.182 e. The summed E-state index contributed by atoms with van der Waals surface area (Å²) in [6.45, 7) is 9.81. The number of hydrogen-bond donors (Lipinski definition) is 0. The van der Waals surface area contributed by atoms with Crippen LogP contribution in [-0.2, 0) is 11.3 Å². The molecule has 1 aliphatic heterocycles. The minimum absolute atomic E-state index is 0.685. The van der Waals surface area contributed by atoms with Crippen molar-refractivity contribution < 1.29 is 9.47 Å². The van der Waals surface area contributed by atoms with Gasteiger partial charge in [0.1, 0.15) is 17.7 Å². The first-order valence-corrected chi connectivity index (χ1v) is 10.3. The van der Waals surface area contributed by atoms with Gasteiger partial charge in [-0.3, -0.25) is 4.90 Å². The Morgan fingerprint density at radius 3 is 2.53 bits per heavy atom. The van der Waals surface area contributed by atoms with Crippen molar-refractivity contribution in [3.63, 3.8) is 0 Å². The molecular weight excluding hydrogens is 380 g/mol. The lowest BCUT2D eigenvalue weighted by atomic mass is 10.2. The van der Waals surface area contributed by atoms with Crippen LogP contribution in [0.25, 0.3) is 28.1 Å². The summed E-state index contributed by atoms with van der Waals surface area (Å²) in [5, 5.41) is 5.73. The molecule has 156 valence electrons. The van der Waals surface area contributed by atoms with E-state index in [-0.39, 0.29) is 0 Å². The van der Waals surface area contributed by atoms with E-state index in [4.69, 9.17) is 19.4 Å². The van der Waals surface area contributed by atoms with Crippen molar-refractivity contribution in [2.75, 3.05) is 40.0 Å². The van der Waals surface area contributed by atoms with Crippen LogP contribution >= 0.6 is 0 Å². The summed E-state index contributed by atoms with van der Waals surface area (Å²) < 4.78 is 14.8. The predicted octanol–water partition coefficient (Wildman–Crippen LogP) is 2.70. The predicted molar refractivity (Wildman–Crippen MR) is 115 cm³/mol. The molecule has 0 saturated carbocycles. The second-order valence-corrected chi connectivity index (χ2v) is 7.69. The van der Waals surface area contributed by atoms with Crippen molar-refractivity contribution in [2.24, 2.45) is 0 Å². The molecule has 0 atom stereocenters. The van der Waals surface area contributed by atoms with Gasteiger partial charge in [-0.2, -0.15) is 0 Å². The molecule has 0 amide bonds. The van der Waals surface area contributed by atoms with E-state index >= 15 is 0 Å². The third-order valence-electron chi connectivity index (χ3n) is 6.04. The average molecular weight is 406 g/mol. The van der Waals surface area contributed by atoms with Crippen molar-refractivity contribution in [1.29, 1.82) is 0 Å². The normalized spacial score (nSPS) is 15.3.